The molecule has 0 bridgehead atoms. The Hall–Kier alpha value is -1.72. The van der Waals surface area contributed by atoms with Gasteiger partial charge in [-0.05, 0) is 24.3 Å². The lowest BCUT2D eigenvalue weighted by Crippen LogP contribution is -2.23. The van der Waals surface area contributed by atoms with Crippen molar-refractivity contribution in [1.82, 2.24) is 0 Å². The molecule has 1 N–H and O–H groups in total. The number of benzene rings is 1. The molecule has 1 aromatic rings. The van der Waals surface area contributed by atoms with E-state index in [2.05, 4.69) is 0 Å². The molecule has 106 valence electrons. The molecule has 1 rings (SSSR count). The molecule has 19 heavy (non-hydrogen) atoms. The molecule has 0 aromatic heterocycles. The number of carboxylic acids is 1. The van der Waals surface area contributed by atoms with Crippen LogP contribution in [0.15, 0.2) is 24.3 Å². The first kappa shape index (κ1) is 15.3. The maximum atomic E-state index is 12.3. The second-order valence-electron chi connectivity index (χ2n) is 4.44. The van der Waals surface area contributed by atoms with Gasteiger partial charge in [0, 0.05) is 5.92 Å². The highest BCUT2D eigenvalue weighted by Crippen LogP contribution is 2.30. The summed E-state index contributed by atoms with van der Waals surface area (Å²) in [5.41, 5.74) is -0.744. The average molecular weight is 276 g/mol. The van der Waals surface area contributed by atoms with Crippen LogP contribution in [-0.4, -0.2) is 17.7 Å². The Balaban J connectivity index is 2.57. The van der Waals surface area contributed by atoms with E-state index in [9.17, 15) is 18.0 Å². The number of rotatable bonds is 5. The van der Waals surface area contributed by atoms with E-state index in [1.165, 1.54) is 12.1 Å². The van der Waals surface area contributed by atoms with Crippen LogP contribution in [-0.2, 0) is 11.0 Å². The summed E-state index contributed by atoms with van der Waals surface area (Å²) in [6.45, 7) is 3.41. The van der Waals surface area contributed by atoms with Gasteiger partial charge in [0.2, 0.25) is 0 Å². The zero-order valence-corrected chi connectivity index (χ0v) is 10.6. The highest BCUT2D eigenvalue weighted by atomic mass is 19.4. The van der Waals surface area contributed by atoms with Crippen LogP contribution in [0, 0.1) is 11.8 Å². The van der Waals surface area contributed by atoms with Gasteiger partial charge in [-0.2, -0.15) is 13.2 Å². The molecule has 0 aliphatic heterocycles. The number of halogens is 3. The third-order valence-electron chi connectivity index (χ3n) is 2.94. The van der Waals surface area contributed by atoms with Crippen LogP contribution in [0.3, 0.4) is 0 Å². The normalized spacial score (nSPS) is 14.8. The van der Waals surface area contributed by atoms with Gasteiger partial charge in [0.25, 0.3) is 0 Å². The van der Waals surface area contributed by atoms with Crippen molar-refractivity contribution < 1.29 is 27.8 Å². The lowest BCUT2D eigenvalue weighted by atomic mass is 9.97. The molecule has 0 saturated heterocycles. The quantitative estimate of drug-likeness (QED) is 0.896. The van der Waals surface area contributed by atoms with Gasteiger partial charge in [0.15, 0.2) is 0 Å². The number of hydrogen-bond acceptors (Lipinski definition) is 2. The van der Waals surface area contributed by atoms with E-state index in [-0.39, 0.29) is 18.3 Å². The van der Waals surface area contributed by atoms with Crippen LogP contribution < -0.4 is 4.74 Å². The Morgan fingerprint density at radius 1 is 1.26 bits per heavy atom. The van der Waals surface area contributed by atoms with Crippen LogP contribution in [0.25, 0.3) is 0 Å². The molecule has 0 spiro atoms. The predicted octanol–water partition coefficient (Wildman–Crippen LogP) is 3.44. The van der Waals surface area contributed by atoms with Crippen LogP contribution in [0.4, 0.5) is 13.2 Å². The summed E-state index contributed by atoms with van der Waals surface area (Å²) in [6, 6.07) is 4.31. The molecule has 0 aliphatic rings. The third-order valence-corrected chi connectivity index (χ3v) is 2.94. The number of hydrogen-bond donors (Lipinski definition) is 1. The molecule has 0 amide bonds. The average Bonchev–Trinajstić information content (AvgIpc) is 2.34. The first-order valence-electron chi connectivity index (χ1n) is 5.74. The zero-order valence-electron chi connectivity index (χ0n) is 10.6. The summed E-state index contributed by atoms with van der Waals surface area (Å²) in [5, 5.41) is 8.79. The molecule has 0 aliphatic carbocycles. The van der Waals surface area contributed by atoms with Crippen molar-refractivity contribution in [3.63, 3.8) is 0 Å². The molecule has 0 fully saturated rings. The van der Waals surface area contributed by atoms with Gasteiger partial charge >= 0.3 is 12.1 Å². The molecule has 0 radical (unpaired) electrons. The van der Waals surface area contributed by atoms with Crippen molar-refractivity contribution >= 4 is 5.97 Å². The van der Waals surface area contributed by atoms with E-state index in [0.717, 1.165) is 12.1 Å². The second kappa shape index (κ2) is 5.95. The van der Waals surface area contributed by atoms with Gasteiger partial charge in [-0.3, -0.25) is 4.79 Å². The molecule has 2 unspecified atom stereocenters. The zero-order chi connectivity index (χ0) is 14.6. The summed E-state index contributed by atoms with van der Waals surface area (Å²) in [7, 11) is 0. The minimum absolute atomic E-state index is 0.138. The Morgan fingerprint density at radius 3 is 2.21 bits per heavy atom. The van der Waals surface area contributed by atoms with Crippen molar-refractivity contribution in [2.45, 2.75) is 20.0 Å². The number of alkyl halides is 3. The highest BCUT2D eigenvalue weighted by Gasteiger charge is 2.30. The molecular weight excluding hydrogens is 261 g/mol. The van der Waals surface area contributed by atoms with Gasteiger partial charge in [-0.25, -0.2) is 0 Å². The van der Waals surface area contributed by atoms with Crippen LogP contribution in [0.1, 0.15) is 19.4 Å². The van der Waals surface area contributed by atoms with E-state index in [0.29, 0.717) is 0 Å². The molecular formula is C13H15F3O3. The van der Waals surface area contributed by atoms with Crippen LogP contribution >= 0.6 is 0 Å². The second-order valence-corrected chi connectivity index (χ2v) is 4.44. The van der Waals surface area contributed by atoms with Gasteiger partial charge in [0.05, 0.1) is 18.1 Å². The minimum Gasteiger partial charge on any atom is -0.493 e. The van der Waals surface area contributed by atoms with Crippen LogP contribution in [0.5, 0.6) is 5.75 Å². The number of carbonyl (C=O) groups is 1. The number of carboxylic acid groups (broad SMARTS) is 1. The minimum atomic E-state index is -4.37. The Labute approximate surface area is 109 Å². The van der Waals surface area contributed by atoms with Gasteiger partial charge in [0.1, 0.15) is 5.75 Å². The molecule has 0 saturated carbocycles. The predicted molar refractivity (Wildman–Crippen MR) is 62.9 cm³/mol. The van der Waals surface area contributed by atoms with Crippen molar-refractivity contribution in [1.29, 1.82) is 0 Å². The first-order valence-corrected chi connectivity index (χ1v) is 5.74. The molecule has 3 nitrogen and oxygen atoms in total. The van der Waals surface area contributed by atoms with Crippen LogP contribution in [0.2, 0.25) is 0 Å². The summed E-state index contributed by atoms with van der Waals surface area (Å²) in [6.07, 6.45) is -4.37. The monoisotopic (exact) mass is 276 g/mol. The van der Waals surface area contributed by atoms with Gasteiger partial charge < -0.3 is 9.84 Å². The standard InChI is InChI=1S/C13H15F3O3/c1-8(9(2)12(17)18)7-19-11-5-3-10(4-6-11)13(14,15)16/h3-6,8-9H,7H2,1-2H3,(H,17,18). The lowest BCUT2D eigenvalue weighted by molar-refractivity contribution is -0.143. The maximum absolute atomic E-state index is 12.3. The van der Waals surface area contributed by atoms with Crippen molar-refractivity contribution in [3.05, 3.63) is 29.8 Å². The van der Waals surface area contributed by atoms with E-state index >= 15 is 0 Å². The van der Waals surface area contributed by atoms with Crippen molar-refractivity contribution in [2.75, 3.05) is 6.61 Å². The van der Waals surface area contributed by atoms with E-state index in [4.69, 9.17) is 9.84 Å². The summed E-state index contributed by atoms with van der Waals surface area (Å²) in [5.74, 6) is -1.45. The third kappa shape index (κ3) is 4.46. The Kier molecular flexibility index (Phi) is 4.80. The number of ether oxygens (including phenoxy) is 1. The summed E-state index contributed by atoms with van der Waals surface area (Å²) >= 11 is 0. The van der Waals surface area contributed by atoms with E-state index in [1.54, 1.807) is 13.8 Å². The fourth-order valence-corrected chi connectivity index (χ4v) is 1.36. The largest absolute Gasteiger partial charge is 0.493 e. The molecule has 0 heterocycles. The Bertz CT molecular complexity index is 426. The van der Waals surface area contributed by atoms with Gasteiger partial charge in [-0.15, -0.1) is 0 Å². The molecule has 6 heteroatoms. The molecule has 2 atom stereocenters. The summed E-state index contributed by atoms with van der Waals surface area (Å²) in [4.78, 5) is 10.7. The smallest absolute Gasteiger partial charge is 0.416 e. The van der Waals surface area contributed by atoms with E-state index in [1.807, 2.05) is 0 Å². The van der Waals surface area contributed by atoms with Gasteiger partial charge in [-0.1, -0.05) is 13.8 Å². The fraction of sp³-hybridized carbons (Fsp3) is 0.462. The topological polar surface area (TPSA) is 46.5 Å². The van der Waals surface area contributed by atoms with Crippen molar-refractivity contribution in [3.8, 4) is 5.75 Å². The SMILES string of the molecule is CC(COc1ccc(C(F)(F)F)cc1)C(C)C(=O)O. The maximum Gasteiger partial charge on any atom is 0.416 e. The van der Waals surface area contributed by atoms with Crippen molar-refractivity contribution in [2.24, 2.45) is 11.8 Å². The fourth-order valence-electron chi connectivity index (χ4n) is 1.36. The molecule has 1 aromatic carbocycles. The van der Waals surface area contributed by atoms with E-state index < -0.39 is 23.6 Å². The lowest BCUT2D eigenvalue weighted by Gasteiger charge is -2.17. The number of aliphatic carboxylic acids is 1. The highest BCUT2D eigenvalue weighted by molar-refractivity contribution is 5.69. The first-order chi connectivity index (χ1) is 8.71. The Morgan fingerprint density at radius 2 is 1.79 bits per heavy atom. The summed E-state index contributed by atoms with van der Waals surface area (Å²) < 4.78 is 42.2.